The summed E-state index contributed by atoms with van der Waals surface area (Å²) >= 11 is 0. The summed E-state index contributed by atoms with van der Waals surface area (Å²) in [5.74, 6) is 0.800. The number of benzene rings is 6. The molecule has 4 heterocycles. The third kappa shape index (κ3) is 7.04. The Kier molecular flexibility index (Phi) is 10.6. The minimum Gasteiger partial charge on any atom is -0.455 e. The molecule has 0 aliphatic carbocycles. The van der Waals surface area contributed by atoms with Crippen molar-refractivity contribution in [3.63, 3.8) is 0 Å². The molecule has 0 amide bonds. The van der Waals surface area contributed by atoms with Crippen LogP contribution in [0, 0.1) is 32.9 Å². The molecule has 5 heteroatoms. The fourth-order valence-corrected chi connectivity index (χ4v) is 7.95. The van der Waals surface area contributed by atoms with Crippen molar-refractivity contribution in [3.05, 3.63) is 168 Å². The predicted molar refractivity (Wildman–Crippen MR) is 237 cm³/mol. The molecular formula is C53H44IrN2O2-2. The summed E-state index contributed by atoms with van der Waals surface area (Å²) in [6, 6.07) is 46.6. The van der Waals surface area contributed by atoms with E-state index in [2.05, 4.69) is 143 Å². The minimum atomic E-state index is 0. The summed E-state index contributed by atoms with van der Waals surface area (Å²) in [7, 11) is 0. The zero-order valence-corrected chi connectivity index (χ0v) is 36.2. The van der Waals surface area contributed by atoms with E-state index in [1.807, 2.05) is 54.9 Å². The third-order valence-electron chi connectivity index (χ3n) is 11.2. The first-order chi connectivity index (χ1) is 27.6. The molecule has 289 valence electrons. The van der Waals surface area contributed by atoms with E-state index in [1.54, 1.807) is 0 Å². The largest absolute Gasteiger partial charge is 0.455 e. The molecule has 10 aromatic rings. The Labute approximate surface area is 353 Å². The van der Waals surface area contributed by atoms with Gasteiger partial charge in [0.15, 0.2) is 0 Å². The average Bonchev–Trinajstić information content (AvgIpc) is 3.79. The van der Waals surface area contributed by atoms with Gasteiger partial charge in [-0.1, -0.05) is 82.6 Å². The van der Waals surface area contributed by atoms with Crippen LogP contribution in [0.3, 0.4) is 0 Å². The summed E-state index contributed by atoms with van der Waals surface area (Å²) < 4.78 is 13.4. The van der Waals surface area contributed by atoms with E-state index in [4.69, 9.17) is 8.83 Å². The molecule has 0 saturated heterocycles. The van der Waals surface area contributed by atoms with Crippen molar-refractivity contribution in [1.29, 1.82) is 0 Å². The minimum absolute atomic E-state index is 0. The predicted octanol–water partition coefficient (Wildman–Crippen LogP) is 14.9. The monoisotopic (exact) mass is 933 g/mol. The summed E-state index contributed by atoms with van der Waals surface area (Å²) in [6.45, 7) is 15.3. The van der Waals surface area contributed by atoms with Crippen molar-refractivity contribution in [1.82, 2.24) is 9.97 Å². The summed E-state index contributed by atoms with van der Waals surface area (Å²) in [5, 5.41) is 6.83. The van der Waals surface area contributed by atoms with Crippen molar-refractivity contribution in [2.24, 2.45) is 0 Å². The number of fused-ring (bicyclic) bond motifs is 8. The number of furan rings is 2. The van der Waals surface area contributed by atoms with Gasteiger partial charge in [0.1, 0.15) is 22.3 Å². The molecule has 0 spiro atoms. The van der Waals surface area contributed by atoms with Crippen LogP contribution < -0.4 is 0 Å². The van der Waals surface area contributed by atoms with Crippen molar-refractivity contribution < 1.29 is 28.9 Å². The Morgan fingerprint density at radius 3 is 1.97 bits per heavy atom. The second-order valence-corrected chi connectivity index (χ2v) is 15.8. The SMILES string of the molecule is CC(C)c1ccc(C(C)C)c2cc3c(cc12)oc1c(-c2ccnc(-c4[c-]cccc4)c2)cc2c4ccccc4oc2c13.Cc1c[c-]c(-c2cc(C)c(C)cn2)cc1.[Ir]. The van der Waals surface area contributed by atoms with Gasteiger partial charge in [-0.05, 0) is 100 Å². The molecule has 0 saturated carbocycles. The van der Waals surface area contributed by atoms with E-state index in [-0.39, 0.29) is 20.1 Å². The van der Waals surface area contributed by atoms with Crippen molar-refractivity contribution in [2.75, 3.05) is 0 Å². The molecule has 0 fully saturated rings. The van der Waals surface area contributed by atoms with E-state index < -0.39 is 0 Å². The second kappa shape index (κ2) is 15.8. The molecule has 4 aromatic heterocycles. The molecule has 0 N–H and O–H groups in total. The number of aromatic nitrogens is 2. The third-order valence-corrected chi connectivity index (χ3v) is 11.2. The van der Waals surface area contributed by atoms with Crippen LogP contribution in [0.5, 0.6) is 0 Å². The Hall–Kier alpha value is -5.87. The summed E-state index contributed by atoms with van der Waals surface area (Å²) in [5.41, 5.74) is 15.8. The van der Waals surface area contributed by atoms with Gasteiger partial charge in [-0.15, -0.1) is 71.3 Å². The number of hydrogen-bond donors (Lipinski definition) is 0. The number of rotatable bonds is 5. The molecular weight excluding hydrogens is 889 g/mol. The van der Waals surface area contributed by atoms with Gasteiger partial charge in [-0.2, -0.15) is 0 Å². The molecule has 1 radical (unpaired) electrons. The van der Waals surface area contributed by atoms with Crippen LogP contribution in [0.1, 0.15) is 67.3 Å². The summed E-state index contributed by atoms with van der Waals surface area (Å²) in [6.07, 6.45) is 3.79. The molecule has 0 aliphatic heterocycles. The normalized spacial score (nSPS) is 11.5. The van der Waals surface area contributed by atoms with Gasteiger partial charge in [-0.25, -0.2) is 0 Å². The van der Waals surface area contributed by atoms with Gasteiger partial charge < -0.3 is 18.8 Å². The first kappa shape index (κ1) is 39.0. The molecule has 4 nitrogen and oxygen atoms in total. The number of aryl methyl sites for hydroxylation is 3. The van der Waals surface area contributed by atoms with E-state index >= 15 is 0 Å². The van der Waals surface area contributed by atoms with Crippen LogP contribution in [0.4, 0.5) is 0 Å². The van der Waals surface area contributed by atoms with Gasteiger partial charge in [-0.3, -0.25) is 0 Å². The molecule has 6 aromatic carbocycles. The fraction of sp³-hybridized carbons (Fsp3) is 0.170. The fourth-order valence-electron chi connectivity index (χ4n) is 7.95. The molecule has 58 heavy (non-hydrogen) atoms. The number of nitrogens with zero attached hydrogens (tertiary/aromatic N) is 2. The van der Waals surface area contributed by atoms with Crippen LogP contribution >= 0.6 is 0 Å². The second-order valence-electron chi connectivity index (χ2n) is 15.8. The number of para-hydroxylation sites is 1. The van der Waals surface area contributed by atoms with Crippen molar-refractivity contribution >= 4 is 54.6 Å². The van der Waals surface area contributed by atoms with Crippen LogP contribution in [0.2, 0.25) is 0 Å². The van der Waals surface area contributed by atoms with Gasteiger partial charge in [0.2, 0.25) is 0 Å². The van der Waals surface area contributed by atoms with Gasteiger partial charge in [0.25, 0.3) is 0 Å². The van der Waals surface area contributed by atoms with Crippen molar-refractivity contribution in [3.8, 4) is 33.6 Å². The molecule has 0 bridgehead atoms. The Bertz CT molecular complexity index is 3100. The van der Waals surface area contributed by atoms with Crippen molar-refractivity contribution in [2.45, 2.75) is 60.3 Å². The maximum absolute atomic E-state index is 6.84. The standard InChI is InChI=1S/C39H30NO2.C14H14N.Ir/c1-22(2)26-14-15-27(23(3)4)31-21-36-33(20-30(26)31)37-38(42-36)29(19-32-28-12-8-9-13-35(28)41-39(32)37)25-16-17-40-34(18-25)24-10-6-5-7-11-24;1-10-4-6-13(7-5-10)14-8-11(2)12(3)9-15-14;/h5-10,12-23H,1-4H3;4-6,8-9H,1-3H3;/q2*-1;. The van der Waals surface area contributed by atoms with E-state index in [9.17, 15) is 0 Å². The quantitative estimate of drug-likeness (QED) is 0.161. The van der Waals surface area contributed by atoms with Gasteiger partial charge >= 0.3 is 0 Å². The topological polar surface area (TPSA) is 52.1 Å². The van der Waals surface area contributed by atoms with Crippen LogP contribution in [-0.4, -0.2) is 9.97 Å². The smallest absolute Gasteiger partial charge is 0.147 e. The van der Waals surface area contributed by atoms with Gasteiger partial charge in [0.05, 0.1) is 5.39 Å². The van der Waals surface area contributed by atoms with Crippen LogP contribution in [0.15, 0.2) is 136 Å². The average molecular weight is 933 g/mol. The Morgan fingerprint density at radius 2 is 1.26 bits per heavy atom. The summed E-state index contributed by atoms with van der Waals surface area (Å²) in [4.78, 5) is 9.08. The molecule has 10 rings (SSSR count). The molecule has 0 atom stereocenters. The Morgan fingerprint density at radius 1 is 0.552 bits per heavy atom. The Balaban J connectivity index is 0.000000248. The van der Waals surface area contributed by atoms with E-state index in [0.29, 0.717) is 11.8 Å². The zero-order valence-electron chi connectivity index (χ0n) is 33.8. The van der Waals surface area contributed by atoms with Gasteiger partial charge in [0, 0.05) is 54.2 Å². The van der Waals surface area contributed by atoms with E-state index in [1.165, 1.54) is 38.6 Å². The van der Waals surface area contributed by atoms with Crippen LogP contribution in [-0.2, 0) is 20.1 Å². The molecule has 0 aliphatic rings. The molecule has 0 unspecified atom stereocenters. The maximum atomic E-state index is 6.84. The zero-order chi connectivity index (χ0) is 39.4. The number of pyridine rings is 2. The maximum Gasteiger partial charge on any atom is 0.147 e. The number of hydrogen-bond acceptors (Lipinski definition) is 4. The van der Waals surface area contributed by atoms with Crippen LogP contribution in [0.25, 0.3) is 88.3 Å². The first-order valence-electron chi connectivity index (χ1n) is 19.8. The first-order valence-corrected chi connectivity index (χ1v) is 19.8. The van der Waals surface area contributed by atoms with E-state index in [0.717, 1.165) is 77.5 Å².